The maximum Gasteiger partial charge on any atom is 0.312 e. The van der Waals surface area contributed by atoms with Crippen LogP contribution in [0.25, 0.3) is 0 Å². The van der Waals surface area contributed by atoms with E-state index in [0.717, 1.165) is 5.56 Å². The number of carbonyl (C=O) groups is 1. The fourth-order valence-corrected chi connectivity index (χ4v) is 3.61. The Kier molecular flexibility index (Phi) is 5.99. The second-order valence-corrected chi connectivity index (χ2v) is 7.61. The molecule has 0 radical (unpaired) electrons. The van der Waals surface area contributed by atoms with Gasteiger partial charge in [-0.25, -0.2) is 4.39 Å². The largest absolute Gasteiger partial charge is 0.319 e. The van der Waals surface area contributed by atoms with Crippen LogP contribution >= 0.6 is 0 Å². The number of nitrogens with one attached hydrogen (secondary N) is 1. The number of aromatic nitrogens is 4. The number of hydrogen-bond donors (Lipinski definition) is 1. The first-order valence-corrected chi connectivity index (χ1v) is 10.2. The van der Waals surface area contributed by atoms with Crippen molar-refractivity contribution < 1.29 is 14.1 Å². The number of nitrogens with zero attached hydrogens (tertiary/aromatic N) is 5. The summed E-state index contributed by atoms with van der Waals surface area (Å²) in [5.74, 6) is -0.648. The van der Waals surface area contributed by atoms with Gasteiger partial charge in [0.2, 0.25) is 0 Å². The number of aryl methyl sites for hydroxylation is 1. The third-order valence-corrected chi connectivity index (χ3v) is 5.23. The molecule has 0 fully saturated rings. The number of halogens is 1. The molecule has 0 aliphatic rings. The van der Waals surface area contributed by atoms with Gasteiger partial charge in [0.25, 0.3) is 5.91 Å². The highest BCUT2D eigenvalue weighted by molar-refractivity contribution is 6.04. The molecule has 0 atom stereocenters. The van der Waals surface area contributed by atoms with Crippen molar-refractivity contribution in [3.05, 3.63) is 105 Å². The Morgan fingerprint density at radius 1 is 1.15 bits per heavy atom. The van der Waals surface area contributed by atoms with E-state index < -0.39 is 4.92 Å². The van der Waals surface area contributed by atoms with Gasteiger partial charge < -0.3 is 5.32 Å². The second kappa shape index (κ2) is 9.03. The Morgan fingerprint density at radius 3 is 2.67 bits per heavy atom. The third kappa shape index (κ3) is 4.79. The third-order valence-electron chi connectivity index (χ3n) is 5.23. The molecule has 0 saturated carbocycles. The lowest BCUT2D eigenvalue weighted by Crippen LogP contribution is -2.12. The molecular weight excluding hydrogens is 427 g/mol. The molecule has 168 valence electrons. The molecule has 2 aromatic carbocycles. The van der Waals surface area contributed by atoms with Gasteiger partial charge >= 0.3 is 5.69 Å². The summed E-state index contributed by atoms with van der Waals surface area (Å²) < 4.78 is 16.9. The SMILES string of the molecule is Cc1nn(Cc2cccc(C(=O)Nc3cnn(Cc4ccccc4F)c3)c2)c(C)c1[N+](=O)[O-]. The first-order chi connectivity index (χ1) is 15.8. The van der Waals surface area contributed by atoms with Crippen molar-refractivity contribution in [1.82, 2.24) is 19.6 Å². The summed E-state index contributed by atoms with van der Waals surface area (Å²) in [6.07, 6.45) is 3.13. The van der Waals surface area contributed by atoms with Crippen molar-refractivity contribution in [2.45, 2.75) is 26.9 Å². The zero-order valence-corrected chi connectivity index (χ0v) is 18.0. The minimum absolute atomic E-state index is 0.00343. The van der Waals surface area contributed by atoms with Gasteiger partial charge in [-0.15, -0.1) is 0 Å². The maximum atomic E-state index is 13.8. The molecule has 0 aliphatic carbocycles. The highest BCUT2D eigenvalue weighted by atomic mass is 19.1. The number of amides is 1. The zero-order chi connectivity index (χ0) is 23.5. The van der Waals surface area contributed by atoms with Crippen molar-refractivity contribution in [1.29, 1.82) is 0 Å². The van der Waals surface area contributed by atoms with Gasteiger partial charge in [0.15, 0.2) is 0 Å². The van der Waals surface area contributed by atoms with Crippen LogP contribution < -0.4 is 5.32 Å². The summed E-state index contributed by atoms with van der Waals surface area (Å²) in [4.78, 5) is 23.5. The summed E-state index contributed by atoms with van der Waals surface area (Å²) in [6.45, 7) is 3.78. The number of rotatable bonds is 7. The van der Waals surface area contributed by atoms with Crippen LogP contribution in [-0.2, 0) is 13.1 Å². The second-order valence-electron chi connectivity index (χ2n) is 7.61. The van der Waals surface area contributed by atoms with Crippen molar-refractivity contribution in [2.75, 3.05) is 5.32 Å². The average Bonchev–Trinajstić information content (AvgIpc) is 3.33. The Morgan fingerprint density at radius 2 is 1.94 bits per heavy atom. The van der Waals surface area contributed by atoms with Crippen LogP contribution in [0.5, 0.6) is 0 Å². The van der Waals surface area contributed by atoms with E-state index in [1.807, 2.05) is 6.07 Å². The van der Waals surface area contributed by atoms with E-state index in [1.54, 1.807) is 65.8 Å². The highest BCUT2D eigenvalue weighted by Gasteiger charge is 2.21. The topological polar surface area (TPSA) is 108 Å². The summed E-state index contributed by atoms with van der Waals surface area (Å²) >= 11 is 0. The summed E-state index contributed by atoms with van der Waals surface area (Å²) in [5, 5.41) is 22.4. The normalized spacial score (nSPS) is 10.9. The predicted octanol–water partition coefficient (Wildman–Crippen LogP) is 4.09. The molecule has 4 aromatic rings. The van der Waals surface area contributed by atoms with Crippen molar-refractivity contribution >= 4 is 17.3 Å². The highest BCUT2D eigenvalue weighted by Crippen LogP contribution is 2.23. The van der Waals surface area contributed by atoms with Crippen LogP contribution in [0, 0.1) is 29.8 Å². The molecule has 10 heteroatoms. The number of anilines is 1. The quantitative estimate of drug-likeness (QED) is 0.338. The van der Waals surface area contributed by atoms with E-state index in [1.165, 1.54) is 12.3 Å². The molecule has 0 spiro atoms. The minimum atomic E-state index is -0.440. The molecule has 9 nitrogen and oxygen atoms in total. The molecule has 1 amide bonds. The van der Waals surface area contributed by atoms with Crippen LogP contribution in [0.15, 0.2) is 60.9 Å². The van der Waals surface area contributed by atoms with E-state index in [9.17, 15) is 19.3 Å². The van der Waals surface area contributed by atoms with Crippen LogP contribution in [0.2, 0.25) is 0 Å². The Hall–Kier alpha value is -4.34. The molecule has 4 rings (SSSR count). The molecule has 33 heavy (non-hydrogen) atoms. The van der Waals surface area contributed by atoms with Gasteiger partial charge in [-0.1, -0.05) is 30.3 Å². The van der Waals surface area contributed by atoms with Gasteiger partial charge in [0, 0.05) is 17.3 Å². The van der Waals surface area contributed by atoms with Crippen molar-refractivity contribution in [3.63, 3.8) is 0 Å². The van der Waals surface area contributed by atoms with Gasteiger partial charge in [-0.05, 0) is 37.6 Å². The van der Waals surface area contributed by atoms with Crippen LogP contribution in [0.1, 0.15) is 32.9 Å². The summed E-state index contributed by atoms with van der Waals surface area (Å²) in [5.41, 5.74) is 2.97. The van der Waals surface area contributed by atoms with E-state index in [4.69, 9.17) is 0 Å². The lowest BCUT2D eigenvalue weighted by atomic mass is 10.1. The molecule has 1 N–H and O–H groups in total. The Bertz CT molecular complexity index is 1340. The van der Waals surface area contributed by atoms with Crippen molar-refractivity contribution in [3.8, 4) is 0 Å². The summed E-state index contributed by atoms with van der Waals surface area (Å²) in [7, 11) is 0. The van der Waals surface area contributed by atoms with Crippen LogP contribution in [0.3, 0.4) is 0 Å². The standard InChI is InChI=1S/C23H21FN6O3/c1-15-22(30(32)33)16(2)29(27-15)12-17-6-5-8-18(10-17)23(31)26-20-11-25-28(14-20)13-19-7-3-4-9-21(19)24/h3-11,14H,12-13H2,1-2H3,(H,26,31). The number of nitro groups is 1. The van der Waals surface area contributed by atoms with E-state index in [-0.39, 0.29) is 24.0 Å². The summed E-state index contributed by atoms with van der Waals surface area (Å²) in [6, 6.07) is 13.4. The Balaban J connectivity index is 1.46. The monoisotopic (exact) mass is 448 g/mol. The maximum absolute atomic E-state index is 13.8. The number of benzene rings is 2. The lowest BCUT2D eigenvalue weighted by molar-refractivity contribution is -0.386. The molecular formula is C23H21FN6O3. The fourth-order valence-electron chi connectivity index (χ4n) is 3.61. The average molecular weight is 448 g/mol. The first kappa shape index (κ1) is 21.9. The predicted molar refractivity (Wildman–Crippen MR) is 120 cm³/mol. The van der Waals surface area contributed by atoms with Gasteiger partial charge in [0.05, 0.1) is 29.9 Å². The van der Waals surface area contributed by atoms with Gasteiger partial charge in [0.1, 0.15) is 17.2 Å². The first-order valence-electron chi connectivity index (χ1n) is 10.2. The van der Waals surface area contributed by atoms with E-state index in [0.29, 0.717) is 34.7 Å². The number of carbonyl (C=O) groups excluding carboxylic acids is 1. The van der Waals surface area contributed by atoms with Crippen molar-refractivity contribution in [2.24, 2.45) is 0 Å². The molecule has 0 aliphatic heterocycles. The molecule has 2 heterocycles. The van der Waals surface area contributed by atoms with Crippen LogP contribution in [0.4, 0.5) is 15.8 Å². The zero-order valence-electron chi connectivity index (χ0n) is 18.0. The molecule has 0 bridgehead atoms. The molecule has 0 unspecified atom stereocenters. The van der Waals surface area contributed by atoms with E-state index in [2.05, 4.69) is 15.5 Å². The van der Waals surface area contributed by atoms with Crippen LogP contribution in [-0.4, -0.2) is 30.4 Å². The van der Waals surface area contributed by atoms with Gasteiger partial charge in [-0.2, -0.15) is 10.2 Å². The number of hydrogen-bond acceptors (Lipinski definition) is 5. The van der Waals surface area contributed by atoms with E-state index >= 15 is 0 Å². The molecule has 0 saturated heterocycles. The van der Waals surface area contributed by atoms with Gasteiger partial charge in [-0.3, -0.25) is 24.3 Å². The lowest BCUT2D eigenvalue weighted by Gasteiger charge is -2.07. The fraction of sp³-hybridized carbons (Fsp3) is 0.174. The molecule has 2 aromatic heterocycles. The smallest absolute Gasteiger partial charge is 0.312 e. The minimum Gasteiger partial charge on any atom is -0.319 e. The Labute approximate surface area is 188 Å².